The van der Waals surface area contributed by atoms with Crippen molar-refractivity contribution in [3.63, 3.8) is 0 Å². The quantitative estimate of drug-likeness (QED) is 0.713. The van der Waals surface area contributed by atoms with Gasteiger partial charge in [0.25, 0.3) is 5.91 Å². The van der Waals surface area contributed by atoms with Gasteiger partial charge in [0.15, 0.2) is 0 Å². The zero-order valence-electron chi connectivity index (χ0n) is 17.9. The molecule has 3 N–H and O–H groups in total. The van der Waals surface area contributed by atoms with Gasteiger partial charge in [0.2, 0.25) is 5.82 Å². The fraction of sp³-hybridized carbons (Fsp3) is 0.762. The molecular formula is C21H35N5O2. The van der Waals surface area contributed by atoms with Crippen molar-refractivity contribution in [3.05, 3.63) is 17.1 Å². The predicted octanol–water partition coefficient (Wildman–Crippen LogP) is 1.95. The van der Waals surface area contributed by atoms with Crippen LogP contribution in [0, 0.1) is 19.8 Å². The first kappa shape index (κ1) is 21.0. The number of aliphatic hydroxyl groups is 1. The molecule has 0 unspecified atom stereocenters. The van der Waals surface area contributed by atoms with Gasteiger partial charge in [0.05, 0.1) is 5.60 Å². The van der Waals surface area contributed by atoms with Crippen LogP contribution in [0.2, 0.25) is 0 Å². The number of aromatic nitrogens is 2. The van der Waals surface area contributed by atoms with E-state index in [1.165, 1.54) is 0 Å². The minimum Gasteiger partial charge on any atom is -0.390 e. The van der Waals surface area contributed by atoms with E-state index in [1.807, 2.05) is 13.8 Å². The zero-order chi connectivity index (χ0) is 20.5. The van der Waals surface area contributed by atoms with Crippen molar-refractivity contribution < 1.29 is 9.90 Å². The van der Waals surface area contributed by atoms with E-state index in [-0.39, 0.29) is 11.7 Å². The zero-order valence-corrected chi connectivity index (χ0v) is 17.9. The molecule has 2 heterocycles. The summed E-state index contributed by atoms with van der Waals surface area (Å²) in [4.78, 5) is 23.1. The maximum absolute atomic E-state index is 12.0. The summed E-state index contributed by atoms with van der Waals surface area (Å²) < 4.78 is 0. The van der Waals surface area contributed by atoms with Gasteiger partial charge in [0.1, 0.15) is 5.82 Å². The second kappa shape index (κ2) is 8.33. The van der Waals surface area contributed by atoms with Crippen molar-refractivity contribution in [2.75, 3.05) is 25.0 Å². The van der Waals surface area contributed by atoms with Gasteiger partial charge in [-0.25, -0.2) is 9.97 Å². The van der Waals surface area contributed by atoms with E-state index in [1.54, 1.807) is 7.05 Å². The van der Waals surface area contributed by atoms with Gasteiger partial charge < -0.3 is 20.6 Å². The molecule has 1 aliphatic carbocycles. The van der Waals surface area contributed by atoms with Gasteiger partial charge >= 0.3 is 0 Å². The highest BCUT2D eigenvalue weighted by Gasteiger charge is 2.37. The average molecular weight is 390 g/mol. The average Bonchev–Trinajstić information content (AvgIpc) is 3.13. The molecule has 7 nitrogen and oxygen atoms in total. The summed E-state index contributed by atoms with van der Waals surface area (Å²) in [6.07, 6.45) is 4.86. The minimum atomic E-state index is -0.494. The van der Waals surface area contributed by atoms with Crippen LogP contribution < -0.4 is 15.5 Å². The number of carbonyl (C=O) groups is 1. The number of anilines is 1. The summed E-state index contributed by atoms with van der Waals surface area (Å²) in [6.45, 7) is 9.98. The largest absolute Gasteiger partial charge is 0.390 e. The Labute approximate surface area is 168 Å². The Morgan fingerprint density at radius 2 is 1.86 bits per heavy atom. The number of carbonyl (C=O) groups excluding carboxylic acids is 1. The molecule has 156 valence electrons. The van der Waals surface area contributed by atoms with Crippen LogP contribution >= 0.6 is 0 Å². The standard InChI is InChI=1S/C21H35N5O2/c1-13(2)21(28)9-6-16(7-10-21)24-17-8-11-26(12-17)19-14(3)15(4)23-18(25-19)20(27)22-5/h13,16-17,24,28H,6-12H2,1-5H3,(H,22,27)/t16?,17-,21?/m1/s1. The third-order valence-corrected chi connectivity index (χ3v) is 6.68. The molecule has 1 aliphatic heterocycles. The van der Waals surface area contributed by atoms with Crippen LogP contribution in [0.3, 0.4) is 0 Å². The van der Waals surface area contributed by atoms with Crippen LogP contribution in [-0.4, -0.2) is 58.8 Å². The topological polar surface area (TPSA) is 90.4 Å². The number of rotatable bonds is 5. The molecule has 1 saturated carbocycles. The lowest BCUT2D eigenvalue weighted by atomic mass is 9.75. The summed E-state index contributed by atoms with van der Waals surface area (Å²) in [5, 5.41) is 17.1. The molecule has 28 heavy (non-hydrogen) atoms. The van der Waals surface area contributed by atoms with Crippen molar-refractivity contribution in [1.29, 1.82) is 0 Å². The Morgan fingerprint density at radius 1 is 1.18 bits per heavy atom. The third-order valence-electron chi connectivity index (χ3n) is 6.68. The van der Waals surface area contributed by atoms with Crippen LogP contribution in [0.15, 0.2) is 0 Å². The lowest BCUT2D eigenvalue weighted by molar-refractivity contribution is -0.0435. The molecule has 0 radical (unpaired) electrons. The SMILES string of the molecule is CNC(=O)c1nc(C)c(C)c(N2CC[C@@H](NC3CCC(O)(C(C)C)CC3)C2)n1. The molecule has 1 aromatic rings. The molecule has 0 aromatic carbocycles. The monoisotopic (exact) mass is 389 g/mol. The predicted molar refractivity (Wildman–Crippen MR) is 111 cm³/mol. The van der Waals surface area contributed by atoms with Crippen LogP contribution in [0.1, 0.15) is 67.8 Å². The summed E-state index contributed by atoms with van der Waals surface area (Å²) >= 11 is 0. The van der Waals surface area contributed by atoms with Crippen LogP contribution in [0.5, 0.6) is 0 Å². The molecule has 3 rings (SSSR count). The van der Waals surface area contributed by atoms with Crippen molar-refractivity contribution in [2.45, 2.75) is 77.5 Å². The Morgan fingerprint density at radius 3 is 2.46 bits per heavy atom. The van der Waals surface area contributed by atoms with E-state index in [4.69, 9.17) is 0 Å². The Hall–Kier alpha value is -1.73. The molecule has 7 heteroatoms. The second-order valence-corrected chi connectivity index (χ2v) is 8.79. The number of hydrogen-bond donors (Lipinski definition) is 3. The Balaban J connectivity index is 1.62. The first-order valence-electron chi connectivity index (χ1n) is 10.5. The molecule has 1 aromatic heterocycles. The molecule has 0 spiro atoms. The molecule has 1 atom stereocenters. The van der Waals surface area contributed by atoms with E-state index >= 15 is 0 Å². The first-order chi connectivity index (χ1) is 13.2. The van der Waals surface area contributed by atoms with Gasteiger partial charge in [-0.2, -0.15) is 0 Å². The van der Waals surface area contributed by atoms with Crippen LogP contribution in [0.25, 0.3) is 0 Å². The maximum Gasteiger partial charge on any atom is 0.288 e. The third kappa shape index (κ3) is 4.30. The van der Waals surface area contributed by atoms with E-state index in [0.717, 1.165) is 62.3 Å². The van der Waals surface area contributed by atoms with Gasteiger partial charge in [-0.05, 0) is 51.9 Å². The lowest BCUT2D eigenvalue weighted by Crippen LogP contribution is -2.47. The van der Waals surface area contributed by atoms with Crippen molar-refractivity contribution in [3.8, 4) is 0 Å². The Kier molecular flexibility index (Phi) is 6.25. The fourth-order valence-corrected chi connectivity index (χ4v) is 4.42. The van der Waals surface area contributed by atoms with Crippen molar-refractivity contribution >= 4 is 11.7 Å². The number of aryl methyl sites for hydroxylation is 1. The maximum atomic E-state index is 12.0. The Bertz CT molecular complexity index is 713. The number of amides is 1. The van der Waals surface area contributed by atoms with Crippen molar-refractivity contribution in [1.82, 2.24) is 20.6 Å². The van der Waals surface area contributed by atoms with Crippen LogP contribution in [-0.2, 0) is 0 Å². The smallest absolute Gasteiger partial charge is 0.288 e. The molecule has 2 fully saturated rings. The molecule has 1 saturated heterocycles. The minimum absolute atomic E-state index is 0.234. The van der Waals surface area contributed by atoms with Gasteiger partial charge in [-0.1, -0.05) is 13.8 Å². The number of nitrogens with zero attached hydrogens (tertiary/aromatic N) is 3. The van der Waals surface area contributed by atoms with E-state index in [2.05, 4.69) is 39.3 Å². The summed E-state index contributed by atoms with van der Waals surface area (Å²) in [5.41, 5.74) is 1.39. The normalized spacial score (nSPS) is 28.0. The molecule has 0 bridgehead atoms. The molecular weight excluding hydrogens is 354 g/mol. The van der Waals surface area contributed by atoms with Gasteiger partial charge in [-0.15, -0.1) is 0 Å². The lowest BCUT2D eigenvalue weighted by Gasteiger charge is -2.40. The second-order valence-electron chi connectivity index (χ2n) is 8.79. The van der Waals surface area contributed by atoms with Crippen LogP contribution in [0.4, 0.5) is 5.82 Å². The highest BCUT2D eigenvalue weighted by Crippen LogP contribution is 2.34. The fourth-order valence-electron chi connectivity index (χ4n) is 4.42. The molecule has 2 aliphatic rings. The molecule has 1 amide bonds. The van der Waals surface area contributed by atoms with E-state index < -0.39 is 5.60 Å². The van der Waals surface area contributed by atoms with E-state index in [9.17, 15) is 9.90 Å². The number of hydrogen-bond acceptors (Lipinski definition) is 6. The summed E-state index contributed by atoms with van der Waals surface area (Å²) in [7, 11) is 1.60. The summed E-state index contributed by atoms with van der Waals surface area (Å²) in [6, 6.07) is 0.881. The van der Waals surface area contributed by atoms with Crippen molar-refractivity contribution in [2.24, 2.45) is 5.92 Å². The highest BCUT2D eigenvalue weighted by molar-refractivity contribution is 5.90. The van der Waals surface area contributed by atoms with Gasteiger partial charge in [0, 0.05) is 43.5 Å². The van der Waals surface area contributed by atoms with E-state index in [0.29, 0.717) is 18.0 Å². The number of nitrogens with one attached hydrogen (secondary N) is 2. The first-order valence-corrected chi connectivity index (χ1v) is 10.5. The summed E-state index contributed by atoms with van der Waals surface area (Å²) in [5.74, 6) is 1.16. The van der Waals surface area contributed by atoms with Gasteiger partial charge in [-0.3, -0.25) is 4.79 Å². The highest BCUT2D eigenvalue weighted by atomic mass is 16.3.